The molecule has 4 aliphatic heterocycles. The van der Waals surface area contributed by atoms with Gasteiger partial charge in [0, 0.05) is 94.1 Å². The van der Waals surface area contributed by atoms with E-state index in [1.165, 1.54) is 46.0 Å². The van der Waals surface area contributed by atoms with Crippen LogP contribution < -0.4 is 10.1 Å². The zero-order chi connectivity index (χ0) is 37.3. The number of rotatable bonds is 10. The summed E-state index contributed by atoms with van der Waals surface area (Å²) in [4.78, 5) is 50.8. The van der Waals surface area contributed by atoms with Gasteiger partial charge in [-0.15, -0.1) is 0 Å². The number of piperidine rings is 1. The van der Waals surface area contributed by atoms with Gasteiger partial charge in [-0.25, -0.2) is 9.50 Å². The molecule has 4 fully saturated rings. The second-order valence-electron chi connectivity index (χ2n) is 14.7. The summed E-state index contributed by atoms with van der Waals surface area (Å²) in [5.41, 5.74) is 0.896. The van der Waals surface area contributed by atoms with Crippen LogP contribution in [0.4, 0.5) is 14.5 Å². The van der Waals surface area contributed by atoms with Gasteiger partial charge < -0.3 is 29.5 Å². The average molecular weight is 766 g/mol. The molecule has 3 amide bonds. The lowest BCUT2D eigenvalue weighted by Gasteiger charge is -2.36. The van der Waals surface area contributed by atoms with Crippen molar-refractivity contribution in [2.24, 2.45) is 23.7 Å². The van der Waals surface area contributed by atoms with E-state index < -0.39 is 12.5 Å². The largest absolute Gasteiger partial charge is 0.434 e. The van der Waals surface area contributed by atoms with Crippen LogP contribution in [0.5, 0.6) is 5.75 Å². The van der Waals surface area contributed by atoms with E-state index in [1.54, 1.807) is 12.3 Å². The second kappa shape index (κ2) is 15.6. The summed E-state index contributed by atoms with van der Waals surface area (Å²) in [6.07, 6.45) is 9.74. The van der Waals surface area contributed by atoms with E-state index in [4.69, 9.17) is 21.1 Å². The van der Waals surface area contributed by atoms with Crippen LogP contribution in [-0.4, -0.2) is 122 Å². The van der Waals surface area contributed by atoms with Crippen LogP contribution in [-0.2, 0) is 20.9 Å². The molecule has 8 rings (SSSR count). The Hall–Kier alpha value is -4.67. The third-order valence-electron chi connectivity index (χ3n) is 11.2. The molecule has 4 aromatic rings. The van der Waals surface area contributed by atoms with Gasteiger partial charge in [0.25, 0.3) is 5.91 Å². The molecule has 7 heterocycles. The fourth-order valence-electron chi connectivity index (χ4n) is 8.44. The predicted octanol–water partition coefficient (Wildman–Crippen LogP) is 4.16. The van der Waals surface area contributed by atoms with E-state index in [0.29, 0.717) is 55.6 Å². The van der Waals surface area contributed by atoms with Gasteiger partial charge in [-0.05, 0) is 67.7 Å². The third-order valence-corrected chi connectivity index (χ3v) is 11.4. The Labute approximate surface area is 315 Å². The van der Waals surface area contributed by atoms with Gasteiger partial charge >= 0.3 is 6.61 Å². The maximum atomic E-state index is 13.7. The number of anilines is 1. The summed E-state index contributed by atoms with van der Waals surface area (Å²) in [7, 11) is 0. The van der Waals surface area contributed by atoms with E-state index in [-0.39, 0.29) is 51.7 Å². The Morgan fingerprint density at radius 2 is 1.78 bits per heavy atom. The van der Waals surface area contributed by atoms with E-state index in [2.05, 4.69) is 30.3 Å². The van der Waals surface area contributed by atoms with Gasteiger partial charge in [-0.3, -0.25) is 19.1 Å². The SMILES string of the molecule is O=C(Nc1cn(CC(=O)N2CC3CN(CC4CCN(C(=O)C5CCOCC5)CC4)CC3C2)nc1-c1cc(Cl)ccc1OC(F)F)c1cnn2cccnc12. The van der Waals surface area contributed by atoms with Crippen molar-refractivity contribution in [1.82, 2.24) is 39.1 Å². The zero-order valence-electron chi connectivity index (χ0n) is 29.7. The van der Waals surface area contributed by atoms with Gasteiger partial charge in [-0.1, -0.05) is 11.6 Å². The number of aromatic nitrogens is 5. The Kier molecular flexibility index (Phi) is 10.5. The highest BCUT2D eigenvalue weighted by Gasteiger charge is 2.42. The number of hydrogen-bond donors (Lipinski definition) is 1. The van der Waals surface area contributed by atoms with Crippen molar-refractivity contribution < 1.29 is 32.6 Å². The standard InChI is InChI=1S/C37H42ClF2N9O5/c38-27-2-3-31(54-37(39)40)28(14-27)33-30(43-35(51)29-15-42-49-9-1-8-41-34(29)49)21-48(44-33)22-32(50)47-19-25-17-45(18-26(25)20-47)16-23-4-10-46(11-5-23)36(52)24-6-12-53-13-7-24/h1-3,8-9,14-15,21,23-26,37H,4-7,10-13,16-20,22H2,(H,43,51). The fraction of sp³-hybridized carbons (Fsp3) is 0.514. The number of alkyl halides is 2. The van der Waals surface area contributed by atoms with Crippen LogP contribution >= 0.6 is 11.6 Å². The van der Waals surface area contributed by atoms with Crippen molar-refractivity contribution in [1.29, 1.82) is 0 Å². The van der Waals surface area contributed by atoms with Crippen LogP contribution in [0.3, 0.4) is 0 Å². The van der Waals surface area contributed by atoms with Gasteiger partial charge in [-0.2, -0.15) is 19.0 Å². The molecule has 0 spiro atoms. The van der Waals surface area contributed by atoms with Gasteiger partial charge in [0.15, 0.2) is 5.65 Å². The first kappa shape index (κ1) is 36.3. The molecule has 0 aliphatic carbocycles. The quantitative estimate of drug-likeness (QED) is 0.252. The summed E-state index contributed by atoms with van der Waals surface area (Å²) >= 11 is 6.27. The van der Waals surface area contributed by atoms with Crippen LogP contribution in [0.1, 0.15) is 36.0 Å². The Morgan fingerprint density at radius 1 is 1.02 bits per heavy atom. The number of hydrogen-bond acceptors (Lipinski definition) is 9. The third kappa shape index (κ3) is 7.77. The molecule has 4 aliphatic rings. The predicted molar refractivity (Wildman–Crippen MR) is 193 cm³/mol. The first-order chi connectivity index (χ1) is 26.2. The molecule has 17 heteroatoms. The summed E-state index contributed by atoms with van der Waals surface area (Å²) in [5, 5.41) is 11.8. The number of nitrogens with zero attached hydrogens (tertiary/aromatic N) is 8. The summed E-state index contributed by atoms with van der Waals surface area (Å²) in [5.74, 6) is 0.808. The lowest BCUT2D eigenvalue weighted by atomic mass is 9.93. The highest BCUT2D eigenvalue weighted by Crippen LogP contribution is 2.38. The lowest BCUT2D eigenvalue weighted by Crippen LogP contribution is -2.45. The van der Waals surface area contributed by atoms with E-state index in [0.717, 1.165) is 58.4 Å². The van der Waals surface area contributed by atoms with Crippen molar-refractivity contribution in [3.8, 4) is 17.0 Å². The molecular weight excluding hydrogens is 724 g/mol. The molecule has 0 bridgehead atoms. The number of carbonyl (C=O) groups is 3. The monoisotopic (exact) mass is 765 g/mol. The van der Waals surface area contributed by atoms with Crippen molar-refractivity contribution in [2.75, 3.05) is 64.3 Å². The minimum absolute atomic E-state index is 0.103. The van der Waals surface area contributed by atoms with E-state index in [9.17, 15) is 23.2 Å². The number of ether oxygens (including phenoxy) is 2. The summed E-state index contributed by atoms with van der Waals surface area (Å²) < 4.78 is 39.9. The van der Waals surface area contributed by atoms with Gasteiger partial charge in [0.2, 0.25) is 11.8 Å². The highest BCUT2D eigenvalue weighted by atomic mass is 35.5. The molecule has 1 aromatic carbocycles. The number of carbonyl (C=O) groups excluding carboxylic acids is 3. The van der Waals surface area contributed by atoms with Crippen LogP contribution in [0.15, 0.2) is 49.1 Å². The maximum absolute atomic E-state index is 13.7. The number of nitrogens with one attached hydrogen (secondary N) is 1. The highest BCUT2D eigenvalue weighted by molar-refractivity contribution is 6.31. The van der Waals surface area contributed by atoms with Crippen LogP contribution in [0.2, 0.25) is 5.02 Å². The number of amides is 3. The molecule has 4 saturated heterocycles. The summed E-state index contributed by atoms with van der Waals surface area (Å²) in [6, 6.07) is 5.82. The summed E-state index contributed by atoms with van der Waals surface area (Å²) in [6.45, 7) is 3.89. The van der Waals surface area contributed by atoms with Crippen LogP contribution in [0.25, 0.3) is 16.9 Å². The Bertz CT molecular complexity index is 2000. The van der Waals surface area contributed by atoms with E-state index in [1.807, 2.05) is 4.90 Å². The van der Waals surface area contributed by atoms with Crippen LogP contribution in [0, 0.1) is 23.7 Å². The molecule has 2 atom stereocenters. The molecule has 286 valence electrons. The molecule has 3 aromatic heterocycles. The number of benzene rings is 1. The topological polar surface area (TPSA) is 139 Å². The van der Waals surface area contributed by atoms with Gasteiger partial charge in [0.1, 0.15) is 23.6 Å². The molecule has 1 N–H and O–H groups in total. The normalized spacial score (nSPS) is 21.3. The van der Waals surface area contributed by atoms with E-state index >= 15 is 0 Å². The Balaban J connectivity index is 0.907. The minimum atomic E-state index is -3.12. The minimum Gasteiger partial charge on any atom is -0.434 e. The molecule has 0 saturated carbocycles. The molecule has 14 nitrogen and oxygen atoms in total. The number of halogens is 3. The second-order valence-corrected chi connectivity index (χ2v) is 15.1. The van der Waals surface area contributed by atoms with Crippen molar-refractivity contribution in [3.63, 3.8) is 0 Å². The maximum Gasteiger partial charge on any atom is 0.387 e. The van der Waals surface area contributed by atoms with Gasteiger partial charge in [0.05, 0.1) is 11.9 Å². The number of fused-ring (bicyclic) bond motifs is 2. The lowest BCUT2D eigenvalue weighted by molar-refractivity contribution is -0.140. The molecule has 2 unspecified atom stereocenters. The number of likely N-dealkylation sites (tertiary alicyclic amines) is 3. The first-order valence-corrected chi connectivity index (χ1v) is 18.8. The molecular formula is C37H42ClF2N9O5. The smallest absolute Gasteiger partial charge is 0.387 e. The average Bonchev–Trinajstić information content (AvgIpc) is 3.96. The zero-order valence-corrected chi connectivity index (χ0v) is 30.4. The van der Waals surface area contributed by atoms with Crippen molar-refractivity contribution in [2.45, 2.75) is 38.8 Å². The first-order valence-electron chi connectivity index (χ1n) is 18.5. The van der Waals surface area contributed by atoms with Crippen molar-refractivity contribution >= 4 is 40.7 Å². The molecule has 54 heavy (non-hydrogen) atoms. The molecule has 0 radical (unpaired) electrons. The Morgan fingerprint density at radius 3 is 2.52 bits per heavy atom. The van der Waals surface area contributed by atoms with Crippen molar-refractivity contribution in [3.05, 3.63) is 59.6 Å². The fourth-order valence-corrected chi connectivity index (χ4v) is 8.61.